The summed E-state index contributed by atoms with van der Waals surface area (Å²) in [5, 5.41) is 0. The van der Waals surface area contributed by atoms with E-state index >= 15 is 0 Å². The second kappa shape index (κ2) is 9.20. The highest BCUT2D eigenvalue weighted by Crippen LogP contribution is 2.31. The van der Waals surface area contributed by atoms with E-state index in [-0.39, 0.29) is 0 Å². The number of aromatic nitrogens is 1. The predicted molar refractivity (Wildman–Crippen MR) is 139 cm³/mol. The van der Waals surface area contributed by atoms with E-state index in [2.05, 4.69) is 67.5 Å². The van der Waals surface area contributed by atoms with Gasteiger partial charge in [-0.3, -0.25) is 9.98 Å². The van der Waals surface area contributed by atoms with Crippen LogP contribution in [0.15, 0.2) is 40.3 Å². The first-order chi connectivity index (χ1) is 15.0. The van der Waals surface area contributed by atoms with Gasteiger partial charge >= 0.3 is 0 Å². The molecule has 3 nitrogen and oxygen atoms in total. The molecule has 2 aromatic carbocycles. The van der Waals surface area contributed by atoms with Crippen LogP contribution in [0.4, 0.5) is 11.4 Å². The minimum absolute atomic E-state index is 0.879. The van der Waals surface area contributed by atoms with E-state index < -0.39 is 0 Å². The molecule has 0 N–H and O–H groups in total. The molecule has 0 amide bonds. The summed E-state index contributed by atoms with van der Waals surface area (Å²) in [6.45, 7) is 21.2. The number of benzene rings is 2. The Hall–Kier alpha value is -3.07. The van der Waals surface area contributed by atoms with Crippen molar-refractivity contribution in [1.29, 1.82) is 0 Å². The first-order valence-electron chi connectivity index (χ1n) is 11.2. The molecule has 1 heterocycles. The largest absolute Gasteiger partial charge is 0.251 e. The number of rotatable bonds is 4. The van der Waals surface area contributed by atoms with Gasteiger partial charge < -0.3 is 0 Å². The number of aliphatic imine (C=N–C) groups is 2. The van der Waals surface area contributed by atoms with Gasteiger partial charge in [0.1, 0.15) is 0 Å². The topological polar surface area (TPSA) is 37.6 Å². The molecule has 0 saturated carbocycles. The molecule has 3 heteroatoms. The Morgan fingerprint density at radius 2 is 0.875 bits per heavy atom. The lowest BCUT2D eigenvalue weighted by atomic mass is 9.99. The number of hydrogen-bond acceptors (Lipinski definition) is 3. The maximum absolute atomic E-state index is 5.00. The van der Waals surface area contributed by atoms with E-state index in [1.807, 2.05) is 32.0 Å². The summed E-state index contributed by atoms with van der Waals surface area (Å²) in [6, 6.07) is 10.5. The minimum Gasteiger partial charge on any atom is -0.251 e. The molecule has 0 atom stereocenters. The summed E-state index contributed by atoms with van der Waals surface area (Å²) < 4.78 is 0. The molecule has 0 radical (unpaired) electrons. The van der Waals surface area contributed by atoms with Crippen LogP contribution in [0.5, 0.6) is 0 Å². The lowest BCUT2D eigenvalue weighted by Crippen LogP contribution is -2.06. The van der Waals surface area contributed by atoms with E-state index in [0.717, 1.165) is 34.2 Å². The van der Waals surface area contributed by atoms with Crippen LogP contribution in [0.2, 0.25) is 0 Å². The Bertz CT molecular complexity index is 1110. The van der Waals surface area contributed by atoms with Crippen molar-refractivity contribution in [1.82, 2.24) is 4.98 Å². The zero-order valence-corrected chi connectivity index (χ0v) is 21.2. The van der Waals surface area contributed by atoms with Gasteiger partial charge in [-0.2, -0.15) is 0 Å². The monoisotopic (exact) mass is 425 g/mol. The van der Waals surface area contributed by atoms with Crippen molar-refractivity contribution >= 4 is 22.8 Å². The molecule has 0 unspecified atom stereocenters. The number of hydrogen-bond donors (Lipinski definition) is 0. The van der Waals surface area contributed by atoms with Crippen molar-refractivity contribution in [2.24, 2.45) is 9.98 Å². The molecule has 0 fully saturated rings. The summed E-state index contributed by atoms with van der Waals surface area (Å²) >= 11 is 0. The van der Waals surface area contributed by atoms with Gasteiger partial charge in [0, 0.05) is 0 Å². The molecule has 0 aliphatic heterocycles. The maximum atomic E-state index is 5.00. The highest BCUT2D eigenvalue weighted by Gasteiger charge is 2.12. The van der Waals surface area contributed by atoms with E-state index in [0.29, 0.717) is 0 Å². The molecule has 1 aromatic heterocycles. The Morgan fingerprint density at radius 3 is 1.19 bits per heavy atom. The van der Waals surface area contributed by atoms with Crippen molar-refractivity contribution in [3.63, 3.8) is 0 Å². The molecular weight excluding hydrogens is 390 g/mol. The fourth-order valence-electron chi connectivity index (χ4n) is 4.02. The quantitative estimate of drug-likeness (QED) is 0.392. The third-order valence-electron chi connectivity index (χ3n) is 6.70. The average molecular weight is 426 g/mol. The molecule has 0 aliphatic rings. The van der Waals surface area contributed by atoms with Gasteiger partial charge in [-0.1, -0.05) is 18.2 Å². The summed E-state index contributed by atoms with van der Waals surface area (Å²) in [7, 11) is 0. The van der Waals surface area contributed by atoms with Crippen LogP contribution in [0.1, 0.15) is 69.7 Å². The van der Waals surface area contributed by atoms with E-state index in [1.165, 1.54) is 44.5 Å². The lowest BCUT2D eigenvalue weighted by molar-refractivity contribution is 1.20. The molecular formula is C29H35N3. The van der Waals surface area contributed by atoms with Gasteiger partial charge in [-0.15, -0.1) is 0 Å². The van der Waals surface area contributed by atoms with E-state index in [1.54, 1.807) is 0 Å². The van der Waals surface area contributed by atoms with Gasteiger partial charge in [0.15, 0.2) is 0 Å². The molecule has 0 aliphatic carbocycles. The molecule has 0 bridgehead atoms. The molecule has 166 valence electrons. The predicted octanol–water partition coefficient (Wildman–Crippen LogP) is 7.83. The van der Waals surface area contributed by atoms with Crippen LogP contribution in [0.25, 0.3) is 0 Å². The number of aryl methyl sites for hydroxylation is 4. The van der Waals surface area contributed by atoms with Crippen LogP contribution < -0.4 is 0 Å². The number of nitrogens with zero attached hydrogens (tertiary/aromatic N) is 3. The summed E-state index contributed by atoms with van der Waals surface area (Å²) in [6.07, 6.45) is 0. The van der Waals surface area contributed by atoms with Gasteiger partial charge in [0.05, 0.1) is 34.2 Å². The summed E-state index contributed by atoms with van der Waals surface area (Å²) in [5.41, 5.74) is 15.7. The standard InChI is InChI=1S/C29H35N3/c1-16-14-17(2)21(6)28(20(16)5)30-24(9)26-12-11-13-27(32-26)25(10)31-29-22(7)18(3)15-19(4)23(29)8/h11-15H,1-10H3. The van der Waals surface area contributed by atoms with E-state index in [9.17, 15) is 0 Å². The Labute approximate surface area is 193 Å². The second-order valence-corrected chi connectivity index (χ2v) is 9.02. The summed E-state index contributed by atoms with van der Waals surface area (Å²) in [4.78, 5) is 14.9. The van der Waals surface area contributed by atoms with Crippen molar-refractivity contribution < 1.29 is 0 Å². The van der Waals surface area contributed by atoms with Gasteiger partial charge in [0.25, 0.3) is 0 Å². The number of pyridine rings is 1. The third kappa shape index (κ3) is 4.57. The first-order valence-corrected chi connectivity index (χ1v) is 11.2. The van der Waals surface area contributed by atoms with Crippen LogP contribution in [-0.4, -0.2) is 16.4 Å². The normalized spacial score (nSPS) is 12.4. The van der Waals surface area contributed by atoms with Gasteiger partial charge in [-0.05, 0) is 126 Å². The Balaban J connectivity index is 2.05. The second-order valence-electron chi connectivity index (χ2n) is 9.02. The van der Waals surface area contributed by atoms with Crippen LogP contribution in [0.3, 0.4) is 0 Å². The SMILES string of the molecule is CC(=Nc1c(C)c(C)cc(C)c1C)c1cccc(C(C)=Nc2c(C)c(C)cc(C)c2C)n1. The molecule has 0 saturated heterocycles. The zero-order chi connectivity index (χ0) is 23.7. The van der Waals surface area contributed by atoms with Crippen LogP contribution >= 0.6 is 0 Å². The van der Waals surface area contributed by atoms with Crippen molar-refractivity contribution in [2.45, 2.75) is 69.2 Å². The zero-order valence-electron chi connectivity index (χ0n) is 21.2. The smallest absolute Gasteiger partial charge is 0.0849 e. The minimum atomic E-state index is 0.879. The molecule has 32 heavy (non-hydrogen) atoms. The third-order valence-corrected chi connectivity index (χ3v) is 6.70. The van der Waals surface area contributed by atoms with Crippen LogP contribution in [0, 0.1) is 55.4 Å². The van der Waals surface area contributed by atoms with Crippen molar-refractivity contribution in [3.05, 3.63) is 86.2 Å². The van der Waals surface area contributed by atoms with Crippen molar-refractivity contribution in [3.8, 4) is 0 Å². The van der Waals surface area contributed by atoms with Crippen LogP contribution in [-0.2, 0) is 0 Å². The lowest BCUT2D eigenvalue weighted by Gasteiger charge is -2.13. The van der Waals surface area contributed by atoms with E-state index in [4.69, 9.17) is 15.0 Å². The first kappa shape index (κ1) is 23.6. The van der Waals surface area contributed by atoms with Crippen molar-refractivity contribution in [2.75, 3.05) is 0 Å². The highest BCUT2D eigenvalue weighted by molar-refractivity contribution is 6.02. The molecule has 3 aromatic rings. The summed E-state index contributed by atoms with van der Waals surface area (Å²) in [5.74, 6) is 0. The highest BCUT2D eigenvalue weighted by atomic mass is 14.8. The fourth-order valence-corrected chi connectivity index (χ4v) is 4.02. The average Bonchev–Trinajstić information content (AvgIpc) is 2.76. The Morgan fingerprint density at radius 1 is 0.562 bits per heavy atom. The Kier molecular flexibility index (Phi) is 6.78. The van der Waals surface area contributed by atoms with Gasteiger partial charge in [0.2, 0.25) is 0 Å². The maximum Gasteiger partial charge on any atom is 0.0849 e. The molecule has 3 rings (SSSR count). The fraction of sp³-hybridized carbons (Fsp3) is 0.345. The van der Waals surface area contributed by atoms with Gasteiger partial charge in [-0.25, -0.2) is 4.98 Å². The molecule has 0 spiro atoms.